The number of hydrogen-bond donors (Lipinski definition) is 2. The number of nitrogens with one attached hydrogen (secondary N) is 1. The number of aromatic nitrogens is 1. The van der Waals surface area contributed by atoms with E-state index in [0.29, 0.717) is 53.9 Å². The molecule has 7 heteroatoms. The molecule has 5 nitrogen and oxygen atoms in total. The molecule has 0 fully saturated rings. The molecule has 3 N–H and O–H groups in total. The molecule has 0 atom stereocenters. The van der Waals surface area contributed by atoms with Gasteiger partial charge < -0.3 is 11.1 Å². The molecular weight excluding hydrogens is 502 g/mol. The Morgan fingerprint density at radius 3 is 2.27 bits per heavy atom. The Morgan fingerprint density at radius 1 is 0.919 bits per heavy atom. The number of nitrogens with two attached hydrogens (primary N) is 1. The first-order valence-electron chi connectivity index (χ1n) is 11.7. The zero-order chi connectivity index (χ0) is 26.3. The second kappa shape index (κ2) is 9.81. The Hall–Kier alpha value is -4.00. The van der Waals surface area contributed by atoms with Gasteiger partial charge in [-0.25, -0.2) is 4.98 Å². The first-order chi connectivity index (χ1) is 17.7. The zero-order valence-corrected chi connectivity index (χ0v) is 22.1. The van der Waals surface area contributed by atoms with Crippen LogP contribution in [0, 0.1) is 20.8 Å². The lowest BCUT2D eigenvalue weighted by Gasteiger charge is -2.16. The number of nitrogen functional groups attached to an aromatic ring is 1. The fraction of sp³-hybridized carbons (Fsp3) is 0.100. The quantitative estimate of drug-likeness (QED) is 0.231. The van der Waals surface area contributed by atoms with Crippen molar-refractivity contribution in [2.24, 2.45) is 0 Å². The predicted molar refractivity (Wildman–Crippen MR) is 153 cm³/mol. The van der Waals surface area contributed by atoms with Gasteiger partial charge in [-0.2, -0.15) is 0 Å². The Kier molecular flexibility index (Phi) is 6.54. The van der Waals surface area contributed by atoms with E-state index in [-0.39, 0.29) is 11.7 Å². The third-order valence-electron chi connectivity index (χ3n) is 6.33. The fourth-order valence-electron chi connectivity index (χ4n) is 4.35. The minimum Gasteiger partial charge on any atom is -0.397 e. The van der Waals surface area contributed by atoms with Crippen LogP contribution in [0.4, 0.5) is 11.4 Å². The minimum atomic E-state index is -0.303. The molecular formula is C30H24ClN3O2S. The molecule has 2 aromatic heterocycles. The van der Waals surface area contributed by atoms with E-state index in [9.17, 15) is 9.59 Å². The maximum Gasteiger partial charge on any atom is 0.258 e. The van der Waals surface area contributed by atoms with E-state index in [0.717, 1.165) is 16.7 Å². The minimum absolute atomic E-state index is 0.175. The van der Waals surface area contributed by atoms with Crippen LogP contribution in [0.25, 0.3) is 21.3 Å². The molecule has 0 saturated carbocycles. The standard InChI is InChI=1S/C30H24ClN3O2S/c1-16-8-10-20(11-9-16)27(35)28-26(32)25-24(19-12-14-21(31)15-13-19)23(18(3)33-30(25)37-28)29(36)34-22-7-5-4-6-17(22)2/h4-15H,32H2,1-3H3,(H,34,36). The molecule has 2 heterocycles. The van der Waals surface area contributed by atoms with E-state index in [2.05, 4.69) is 5.32 Å². The van der Waals surface area contributed by atoms with Crippen molar-refractivity contribution >= 4 is 56.2 Å². The van der Waals surface area contributed by atoms with E-state index in [4.69, 9.17) is 22.3 Å². The molecule has 0 aliphatic carbocycles. The van der Waals surface area contributed by atoms with Crippen molar-refractivity contribution in [3.63, 3.8) is 0 Å². The fourth-order valence-corrected chi connectivity index (χ4v) is 5.59. The van der Waals surface area contributed by atoms with Crippen molar-refractivity contribution in [3.8, 4) is 11.1 Å². The average molecular weight is 526 g/mol. The second-order valence-corrected chi connectivity index (χ2v) is 10.4. The number of anilines is 2. The van der Waals surface area contributed by atoms with Gasteiger partial charge in [0, 0.05) is 27.2 Å². The molecule has 0 unspecified atom stereocenters. The summed E-state index contributed by atoms with van der Waals surface area (Å²) < 4.78 is 0. The van der Waals surface area contributed by atoms with Crippen LogP contribution >= 0.6 is 22.9 Å². The third-order valence-corrected chi connectivity index (χ3v) is 7.68. The molecule has 0 aliphatic rings. The van der Waals surface area contributed by atoms with Crippen molar-refractivity contribution in [1.29, 1.82) is 0 Å². The first kappa shape index (κ1) is 24.7. The van der Waals surface area contributed by atoms with E-state index in [1.165, 1.54) is 11.3 Å². The number of thiophene rings is 1. The molecule has 5 rings (SSSR count). The highest BCUT2D eigenvalue weighted by molar-refractivity contribution is 7.21. The monoisotopic (exact) mass is 525 g/mol. The van der Waals surface area contributed by atoms with Crippen LogP contribution in [0.5, 0.6) is 0 Å². The van der Waals surface area contributed by atoms with Gasteiger partial charge >= 0.3 is 0 Å². The van der Waals surface area contributed by atoms with Gasteiger partial charge in [0.1, 0.15) is 9.71 Å². The molecule has 0 radical (unpaired) electrons. The number of ketones is 1. The number of amides is 1. The van der Waals surface area contributed by atoms with Crippen LogP contribution in [0.3, 0.4) is 0 Å². The van der Waals surface area contributed by atoms with Gasteiger partial charge in [0.15, 0.2) is 0 Å². The third kappa shape index (κ3) is 4.61. The summed E-state index contributed by atoms with van der Waals surface area (Å²) in [6, 6.07) is 22.2. The van der Waals surface area contributed by atoms with Crippen molar-refractivity contribution in [2.75, 3.05) is 11.1 Å². The topological polar surface area (TPSA) is 85.1 Å². The molecule has 184 valence electrons. The maximum atomic E-state index is 13.7. The molecule has 37 heavy (non-hydrogen) atoms. The number of carbonyl (C=O) groups is 2. The highest BCUT2D eigenvalue weighted by atomic mass is 35.5. The number of rotatable bonds is 5. The molecule has 0 saturated heterocycles. The number of para-hydroxylation sites is 1. The van der Waals surface area contributed by atoms with Gasteiger partial charge in [-0.3, -0.25) is 9.59 Å². The number of fused-ring (bicyclic) bond motifs is 1. The molecule has 5 aromatic rings. The van der Waals surface area contributed by atoms with Crippen molar-refractivity contribution < 1.29 is 9.59 Å². The lowest BCUT2D eigenvalue weighted by molar-refractivity contribution is 0.102. The van der Waals surface area contributed by atoms with Crippen LogP contribution in [-0.4, -0.2) is 16.7 Å². The summed E-state index contributed by atoms with van der Waals surface area (Å²) in [6.07, 6.45) is 0. The summed E-state index contributed by atoms with van der Waals surface area (Å²) in [5, 5.41) is 4.19. The van der Waals surface area contributed by atoms with Gasteiger partial charge in [-0.05, 0) is 50.1 Å². The molecule has 3 aromatic carbocycles. The number of hydrogen-bond acceptors (Lipinski definition) is 5. The van der Waals surface area contributed by atoms with Gasteiger partial charge in [-0.1, -0.05) is 71.8 Å². The Labute approximate surface area is 223 Å². The predicted octanol–water partition coefficient (Wildman–Crippen LogP) is 7.61. The number of nitrogens with zero attached hydrogens (tertiary/aromatic N) is 1. The number of benzene rings is 3. The summed E-state index contributed by atoms with van der Waals surface area (Å²) >= 11 is 7.41. The van der Waals surface area contributed by atoms with Crippen molar-refractivity contribution in [2.45, 2.75) is 20.8 Å². The van der Waals surface area contributed by atoms with Crippen LogP contribution in [0.1, 0.15) is 42.4 Å². The summed E-state index contributed by atoms with van der Waals surface area (Å²) in [4.78, 5) is 32.9. The summed E-state index contributed by atoms with van der Waals surface area (Å²) in [6.45, 7) is 5.70. The Bertz CT molecular complexity index is 1670. The van der Waals surface area contributed by atoms with Crippen LogP contribution < -0.4 is 11.1 Å². The maximum absolute atomic E-state index is 13.7. The van der Waals surface area contributed by atoms with Gasteiger partial charge in [0.25, 0.3) is 5.91 Å². The van der Waals surface area contributed by atoms with E-state index >= 15 is 0 Å². The average Bonchev–Trinajstić information content (AvgIpc) is 3.20. The van der Waals surface area contributed by atoms with Gasteiger partial charge in [0.05, 0.1) is 16.9 Å². The first-order valence-corrected chi connectivity index (χ1v) is 12.9. The SMILES string of the molecule is Cc1ccc(C(=O)c2sc3nc(C)c(C(=O)Nc4ccccc4C)c(-c4ccc(Cl)cc4)c3c2N)cc1. The van der Waals surface area contributed by atoms with E-state index in [1.807, 2.05) is 62.4 Å². The highest BCUT2D eigenvalue weighted by Crippen LogP contribution is 2.43. The summed E-state index contributed by atoms with van der Waals surface area (Å²) in [5.74, 6) is -0.478. The number of aryl methyl sites for hydroxylation is 3. The second-order valence-electron chi connectivity index (χ2n) is 8.94. The van der Waals surface area contributed by atoms with Crippen LogP contribution in [0.15, 0.2) is 72.8 Å². The molecule has 0 spiro atoms. The van der Waals surface area contributed by atoms with E-state index in [1.54, 1.807) is 31.2 Å². The lowest BCUT2D eigenvalue weighted by Crippen LogP contribution is -2.16. The van der Waals surface area contributed by atoms with E-state index < -0.39 is 0 Å². The molecule has 0 bridgehead atoms. The van der Waals surface area contributed by atoms with Crippen molar-refractivity contribution in [3.05, 3.63) is 111 Å². The number of pyridine rings is 1. The van der Waals surface area contributed by atoms with Crippen molar-refractivity contribution in [1.82, 2.24) is 4.98 Å². The molecule has 0 aliphatic heterocycles. The highest BCUT2D eigenvalue weighted by Gasteiger charge is 2.27. The smallest absolute Gasteiger partial charge is 0.258 e. The van der Waals surface area contributed by atoms with Crippen LogP contribution in [0.2, 0.25) is 5.02 Å². The summed E-state index contributed by atoms with van der Waals surface area (Å²) in [5.41, 5.74) is 12.6. The van der Waals surface area contributed by atoms with Gasteiger partial charge in [0.2, 0.25) is 5.78 Å². The Balaban J connectivity index is 1.74. The number of carbonyl (C=O) groups excluding carboxylic acids is 2. The molecule has 1 amide bonds. The van der Waals surface area contributed by atoms with Crippen LogP contribution in [-0.2, 0) is 0 Å². The lowest BCUT2D eigenvalue weighted by atomic mass is 9.94. The zero-order valence-electron chi connectivity index (χ0n) is 20.6. The summed E-state index contributed by atoms with van der Waals surface area (Å²) in [7, 11) is 0. The normalized spacial score (nSPS) is 11.0. The largest absolute Gasteiger partial charge is 0.397 e. The number of halogens is 1. The van der Waals surface area contributed by atoms with Gasteiger partial charge in [-0.15, -0.1) is 11.3 Å². The Morgan fingerprint density at radius 2 is 1.59 bits per heavy atom.